The van der Waals surface area contributed by atoms with Crippen molar-refractivity contribution in [3.8, 4) is 5.69 Å². The molecule has 146 valence electrons. The first-order valence-corrected chi connectivity index (χ1v) is 10.3. The van der Waals surface area contributed by atoms with E-state index in [-0.39, 0.29) is 5.56 Å². The number of benzene rings is 1. The van der Waals surface area contributed by atoms with E-state index in [1.165, 1.54) is 12.8 Å². The summed E-state index contributed by atoms with van der Waals surface area (Å²) in [6.07, 6.45) is 4.63. The van der Waals surface area contributed by atoms with E-state index in [1.807, 2.05) is 13.8 Å². The van der Waals surface area contributed by atoms with Gasteiger partial charge in [0, 0.05) is 13.1 Å². The van der Waals surface area contributed by atoms with Gasteiger partial charge in [-0.05, 0) is 50.7 Å². The first-order chi connectivity index (χ1) is 12.8. The molecule has 1 aliphatic heterocycles. The summed E-state index contributed by atoms with van der Waals surface area (Å²) in [6, 6.07) is 5.30. The van der Waals surface area contributed by atoms with Crippen LogP contribution in [0.25, 0.3) is 5.69 Å². The lowest BCUT2D eigenvalue weighted by atomic mass is 9.80. The van der Waals surface area contributed by atoms with E-state index in [1.54, 1.807) is 22.8 Å². The number of halogens is 2. The molecule has 3 rings (SSSR count). The third-order valence-electron chi connectivity index (χ3n) is 5.97. The maximum atomic E-state index is 13.2. The molecule has 1 aliphatic rings. The molecule has 0 aliphatic carbocycles. The van der Waals surface area contributed by atoms with Crippen molar-refractivity contribution in [2.45, 2.75) is 53.4 Å². The van der Waals surface area contributed by atoms with E-state index in [0.29, 0.717) is 32.5 Å². The van der Waals surface area contributed by atoms with Crippen LogP contribution in [-0.2, 0) is 0 Å². The molecule has 2 heterocycles. The third kappa shape index (κ3) is 3.88. The first kappa shape index (κ1) is 20.2. The molecule has 6 heteroatoms. The van der Waals surface area contributed by atoms with Gasteiger partial charge < -0.3 is 4.90 Å². The van der Waals surface area contributed by atoms with Gasteiger partial charge in [0.1, 0.15) is 11.6 Å². The Labute approximate surface area is 171 Å². The summed E-state index contributed by atoms with van der Waals surface area (Å²) in [5.41, 5.74) is 1.50. The Hall–Kier alpha value is -1.52. The SMILES string of the molecule is CCC1(C)CCCN(c2nc(C)n(-c3cccc(Cl)c3Cl)c(=O)c2C)CC1. The van der Waals surface area contributed by atoms with Gasteiger partial charge in [0.15, 0.2) is 0 Å². The lowest BCUT2D eigenvalue weighted by molar-refractivity contribution is 0.275. The standard InChI is InChI=1S/C21H27Cl2N3O/c1-5-21(4)10-7-12-25(13-11-21)19-14(2)20(27)26(15(3)24-19)17-9-6-8-16(22)18(17)23/h6,8-9H,5,7,10-13H2,1-4H3. The number of hydrogen-bond acceptors (Lipinski definition) is 3. The highest BCUT2D eigenvalue weighted by molar-refractivity contribution is 6.43. The van der Waals surface area contributed by atoms with Crippen LogP contribution in [-0.4, -0.2) is 22.6 Å². The first-order valence-electron chi connectivity index (χ1n) is 9.57. The van der Waals surface area contributed by atoms with Gasteiger partial charge in [-0.1, -0.05) is 49.5 Å². The summed E-state index contributed by atoms with van der Waals surface area (Å²) in [4.78, 5) is 20.3. The van der Waals surface area contributed by atoms with Gasteiger partial charge in [-0.15, -0.1) is 0 Å². The molecule has 1 fully saturated rings. The molecule has 1 aromatic carbocycles. The van der Waals surface area contributed by atoms with Crippen molar-refractivity contribution in [2.75, 3.05) is 18.0 Å². The van der Waals surface area contributed by atoms with Crippen molar-refractivity contribution in [3.63, 3.8) is 0 Å². The van der Waals surface area contributed by atoms with Gasteiger partial charge in [0.25, 0.3) is 5.56 Å². The fourth-order valence-corrected chi connectivity index (χ4v) is 4.24. The minimum absolute atomic E-state index is 0.0934. The second-order valence-corrected chi connectivity index (χ2v) is 8.61. The van der Waals surface area contributed by atoms with Crippen molar-refractivity contribution in [3.05, 3.63) is 50.0 Å². The van der Waals surface area contributed by atoms with Crippen LogP contribution >= 0.6 is 23.2 Å². The van der Waals surface area contributed by atoms with Crippen LogP contribution in [0.2, 0.25) is 10.0 Å². The average Bonchev–Trinajstić information content (AvgIpc) is 2.84. The quantitative estimate of drug-likeness (QED) is 0.667. The lowest BCUT2D eigenvalue weighted by Gasteiger charge is -2.28. The highest BCUT2D eigenvalue weighted by atomic mass is 35.5. The topological polar surface area (TPSA) is 38.1 Å². The highest BCUT2D eigenvalue weighted by Gasteiger charge is 2.28. The number of hydrogen-bond donors (Lipinski definition) is 0. The molecule has 4 nitrogen and oxygen atoms in total. The smallest absolute Gasteiger partial charge is 0.263 e. The summed E-state index contributed by atoms with van der Waals surface area (Å²) >= 11 is 12.5. The van der Waals surface area contributed by atoms with Crippen LogP contribution in [0.3, 0.4) is 0 Å². The molecule has 0 spiro atoms. The van der Waals surface area contributed by atoms with Gasteiger partial charge in [0.2, 0.25) is 0 Å². The molecule has 0 bridgehead atoms. The second-order valence-electron chi connectivity index (χ2n) is 7.83. The number of rotatable bonds is 3. The Morgan fingerprint density at radius 2 is 1.93 bits per heavy atom. The van der Waals surface area contributed by atoms with Gasteiger partial charge in [0.05, 0.1) is 21.3 Å². The van der Waals surface area contributed by atoms with E-state index < -0.39 is 0 Å². The number of anilines is 1. The largest absolute Gasteiger partial charge is 0.356 e. The predicted molar refractivity (Wildman–Crippen MR) is 114 cm³/mol. The predicted octanol–water partition coefficient (Wildman–Crippen LogP) is 5.56. The minimum atomic E-state index is -0.0934. The molecule has 27 heavy (non-hydrogen) atoms. The van der Waals surface area contributed by atoms with Gasteiger partial charge in [-0.25, -0.2) is 4.98 Å². The zero-order valence-electron chi connectivity index (χ0n) is 16.5. The molecule has 2 aromatic rings. The zero-order chi connectivity index (χ0) is 19.8. The normalized spacial score (nSPS) is 20.6. The van der Waals surface area contributed by atoms with E-state index >= 15 is 0 Å². The number of aromatic nitrogens is 2. The van der Waals surface area contributed by atoms with E-state index in [0.717, 1.165) is 31.7 Å². The number of aryl methyl sites for hydroxylation is 1. The van der Waals surface area contributed by atoms with Crippen molar-refractivity contribution < 1.29 is 0 Å². The lowest BCUT2D eigenvalue weighted by Crippen LogP contribution is -2.33. The van der Waals surface area contributed by atoms with Crippen LogP contribution in [0, 0.1) is 19.3 Å². The molecule has 0 radical (unpaired) electrons. The molecule has 1 saturated heterocycles. The fourth-order valence-electron chi connectivity index (χ4n) is 3.86. The van der Waals surface area contributed by atoms with Crippen LogP contribution in [0.1, 0.15) is 50.9 Å². The van der Waals surface area contributed by atoms with E-state index in [4.69, 9.17) is 28.2 Å². The minimum Gasteiger partial charge on any atom is -0.356 e. The Kier molecular flexibility index (Phi) is 5.87. The molecular weight excluding hydrogens is 381 g/mol. The summed E-state index contributed by atoms with van der Waals surface area (Å²) in [6.45, 7) is 10.2. The van der Waals surface area contributed by atoms with Crippen molar-refractivity contribution >= 4 is 29.0 Å². The zero-order valence-corrected chi connectivity index (χ0v) is 18.0. The summed E-state index contributed by atoms with van der Waals surface area (Å²) in [7, 11) is 0. The monoisotopic (exact) mass is 407 g/mol. The Morgan fingerprint density at radius 3 is 2.63 bits per heavy atom. The molecule has 1 aromatic heterocycles. The Bertz CT molecular complexity index is 909. The Morgan fingerprint density at radius 1 is 1.19 bits per heavy atom. The highest BCUT2D eigenvalue weighted by Crippen LogP contribution is 2.35. The summed E-state index contributed by atoms with van der Waals surface area (Å²) in [5.74, 6) is 1.42. The van der Waals surface area contributed by atoms with Crippen molar-refractivity contribution in [1.82, 2.24) is 9.55 Å². The molecule has 0 N–H and O–H groups in total. The maximum absolute atomic E-state index is 13.2. The third-order valence-corrected chi connectivity index (χ3v) is 6.78. The maximum Gasteiger partial charge on any atom is 0.263 e. The Balaban J connectivity index is 2.03. The van der Waals surface area contributed by atoms with Crippen LogP contribution < -0.4 is 10.5 Å². The fraction of sp³-hybridized carbons (Fsp3) is 0.524. The number of nitrogens with zero attached hydrogens (tertiary/aromatic N) is 3. The van der Waals surface area contributed by atoms with E-state index in [9.17, 15) is 4.79 Å². The van der Waals surface area contributed by atoms with E-state index in [2.05, 4.69) is 18.7 Å². The van der Waals surface area contributed by atoms with Crippen molar-refractivity contribution in [2.24, 2.45) is 5.41 Å². The van der Waals surface area contributed by atoms with Crippen LogP contribution in [0.4, 0.5) is 5.82 Å². The summed E-state index contributed by atoms with van der Waals surface area (Å²) in [5, 5.41) is 0.792. The molecular formula is C21H27Cl2N3O. The van der Waals surface area contributed by atoms with Crippen LogP contribution in [0.5, 0.6) is 0 Å². The molecule has 0 saturated carbocycles. The van der Waals surface area contributed by atoms with Crippen LogP contribution in [0.15, 0.2) is 23.0 Å². The van der Waals surface area contributed by atoms with Crippen molar-refractivity contribution in [1.29, 1.82) is 0 Å². The van der Waals surface area contributed by atoms with Gasteiger partial charge in [-0.2, -0.15) is 0 Å². The average molecular weight is 408 g/mol. The molecule has 1 unspecified atom stereocenters. The van der Waals surface area contributed by atoms with Gasteiger partial charge in [-0.3, -0.25) is 9.36 Å². The second kappa shape index (κ2) is 7.84. The van der Waals surface area contributed by atoms with Gasteiger partial charge >= 0.3 is 0 Å². The molecule has 0 amide bonds. The molecule has 1 atom stereocenters. The summed E-state index contributed by atoms with van der Waals surface area (Å²) < 4.78 is 1.56.